The summed E-state index contributed by atoms with van der Waals surface area (Å²) in [7, 11) is 1.75. The van der Waals surface area contributed by atoms with Gasteiger partial charge in [0, 0.05) is 30.6 Å². The van der Waals surface area contributed by atoms with E-state index in [9.17, 15) is 18.0 Å². The number of aryl methyl sites for hydroxylation is 2. The number of pyridine rings is 1. The fourth-order valence-corrected chi connectivity index (χ4v) is 2.79. The van der Waals surface area contributed by atoms with Crippen molar-refractivity contribution in [2.45, 2.75) is 13.1 Å². The van der Waals surface area contributed by atoms with E-state index in [1.807, 2.05) is 31.2 Å². The molecule has 25 heavy (non-hydrogen) atoms. The summed E-state index contributed by atoms with van der Waals surface area (Å²) in [6.45, 7) is 1.92. The second-order valence-electron chi connectivity index (χ2n) is 6.03. The van der Waals surface area contributed by atoms with E-state index >= 15 is 0 Å². The number of aromatic nitrogens is 1. The summed E-state index contributed by atoms with van der Waals surface area (Å²) >= 11 is 0. The van der Waals surface area contributed by atoms with Crippen LogP contribution in [0.2, 0.25) is 0 Å². The maximum Gasteiger partial charge on any atom is 0.416 e. The Kier molecular flexibility index (Phi) is 4.25. The zero-order valence-electron chi connectivity index (χ0n) is 13.8. The molecule has 0 fully saturated rings. The van der Waals surface area contributed by atoms with Crippen LogP contribution in [0.1, 0.15) is 11.1 Å². The van der Waals surface area contributed by atoms with E-state index in [1.165, 1.54) is 12.1 Å². The van der Waals surface area contributed by atoms with E-state index in [2.05, 4.69) is 0 Å². The van der Waals surface area contributed by atoms with E-state index in [0.29, 0.717) is 5.56 Å². The van der Waals surface area contributed by atoms with E-state index in [1.54, 1.807) is 24.0 Å². The molecular weight excluding hydrogens is 327 g/mol. The third-order valence-corrected chi connectivity index (χ3v) is 3.98. The largest absolute Gasteiger partial charge is 0.416 e. The summed E-state index contributed by atoms with van der Waals surface area (Å²) in [4.78, 5) is 12.9. The highest BCUT2D eigenvalue weighted by molar-refractivity contribution is 5.72. The summed E-state index contributed by atoms with van der Waals surface area (Å²) in [6.07, 6.45) is -1.21. The van der Waals surface area contributed by atoms with Crippen molar-refractivity contribution < 1.29 is 13.2 Å². The molecule has 2 nitrogen and oxygen atoms in total. The first kappa shape index (κ1) is 17.0. The maximum absolute atomic E-state index is 13.0. The zero-order valence-corrected chi connectivity index (χ0v) is 13.8. The molecule has 0 aliphatic rings. The van der Waals surface area contributed by atoms with Crippen LogP contribution < -0.4 is 5.43 Å². The third-order valence-electron chi connectivity index (χ3n) is 3.98. The Bertz CT molecular complexity index is 987. The molecule has 3 rings (SSSR count). The van der Waals surface area contributed by atoms with Crippen molar-refractivity contribution >= 4 is 0 Å². The number of halogens is 3. The molecule has 0 radical (unpaired) electrons. The molecule has 1 heterocycles. The molecule has 2 aromatic carbocycles. The molecule has 3 aromatic rings. The van der Waals surface area contributed by atoms with Gasteiger partial charge in [-0.15, -0.1) is 0 Å². The predicted octanol–water partition coefficient (Wildman–Crippen LogP) is 5.05. The molecule has 0 spiro atoms. The quantitative estimate of drug-likeness (QED) is 0.638. The monoisotopic (exact) mass is 343 g/mol. The molecule has 0 aliphatic heterocycles. The molecule has 0 saturated heterocycles. The van der Waals surface area contributed by atoms with Crippen molar-refractivity contribution in [3.05, 3.63) is 82.3 Å². The molecule has 0 atom stereocenters. The summed E-state index contributed by atoms with van der Waals surface area (Å²) in [5.74, 6) is 0. The van der Waals surface area contributed by atoms with E-state index in [0.717, 1.165) is 23.3 Å². The fourth-order valence-electron chi connectivity index (χ4n) is 2.79. The van der Waals surface area contributed by atoms with Crippen LogP contribution >= 0.6 is 0 Å². The smallest absolute Gasteiger partial charge is 0.356 e. The standard InChI is InChI=1S/C20H16F3NO/c1-13-5-3-6-14(9-13)17-11-24(2)12-18(19(17)25)15-7-4-8-16(10-15)20(21,22)23/h3-12H,1-2H3. The normalized spacial score (nSPS) is 11.6. The second kappa shape index (κ2) is 6.24. The summed E-state index contributed by atoms with van der Waals surface area (Å²) in [6, 6.07) is 12.3. The number of hydrogen-bond donors (Lipinski definition) is 0. The van der Waals surface area contributed by atoms with Gasteiger partial charge in [-0.05, 0) is 30.2 Å². The van der Waals surface area contributed by atoms with E-state index in [-0.39, 0.29) is 16.6 Å². The first-order valence-corrected chi connectivity index (χ1v) is 7.70. The average Bonchev–Trinajstić information content (AvgIpc) is 2.56. The molecule has 0 aliphatic carbocycles. The van der Waals surface area contributed by atoms with Gasteiger partial charge < -0.3 is 4.57 Å². The average molecular weight is 343 g/mol. The zero-order chi connectivity index (χ0) is 18.2. The number of alkyl halides is 3. The van der Waals surface area contributed by atoms with Crippen LogP contribution in [0.4, 0.5) is 13.2 Å². The van der Waals surface area contributed by atoms with E-state index in [4.69, 9.17) is 0 Å². The minimum atomic E-state index is -4.45. The lowest BCUT2D eigenvalue weighted by atomic mass is 9.99. The van der Waals surface area contributed by atoms with E-state index < -0.39 is 11.7 Å². The minimum Gasteiger partial charge on any atom is -0.356 e. The second-order valence-corrected chi connectivity index (χ2v) is 6.03. The predicted molar refractivity (Wildman–Crippen MR) is 92.3 cm³/mol. The molecule has 0 N–H and O–H groups in total. The summed E-state index contributed by atoms with van der Waals surface area (Å²) in [5, 5.41) is 0. The Hall–Kier alpha value is -2.82. The molecule has 0 amide bonds. The van der Waals surface area contributed by atoms with Gasteiger partial charge in [-0.3, -0.25) is 4.79 Å². The summed E-state index contributed by atoms with van der Waals surface area (Å²) in [5.41, 5.74) is 1.65. The van der Waals surface area contributed by atoms with Crippen LogP contribution in [0.15, 0.2) is 65.7 Å². The van der Waals surface area contributed by atoms with Crippen LogP contribution in [0.25, 0.3) is 22.3 Å². The lowest BCUT2D eigenvalue weighted by Gasteiger charge is -2.12. The van der Waals surface area contributed by atoms with Gasteiger partial charge >= 0.3 is 6.18 Å². The van der Waals surface area contributed by atoms with Crippen molar-refractivity contribution in [1.29, 1.82) is 0 Å². The Balaban J connectivity index is 2.21. The first-order valence-electron chi connectivity index (χ1n) is 7.70. The molecule has 128 valence electrons. The SMILES string of the molecule is Cc1cccc(-c2cn(C)cc(-c3cccc(C(F)(F)F)c3)c2=O)c1. The third kappa shape index (κ3) is 3.50. The topological polar surface area (TPSA) is 22.0 Å². The molecule has 5 heteroatoms. The lowest BCUT2D eigenvalue weighted by molar-refractivity contribution is -0.137. The Morgan fingerprint density at radius 2 is 1.44 bits per heavy atom. The summed E-state index contributed by atoms with van der Waals surface area (Å²) < 4.78 is 40.6. The Labute approximate surface area is 143 Å². The Morgan fingerprint density at radius 1 is 0.880 bits per heavy atom. The van der Waals surface area contributed by atoms with Crippen molar-refractivity contribution in [3.63, 3.8) is 0 Å². The van der Waals surface area contributed by atoms with Gasteiger partial charge in [0.2, 0.25) is 0 Å². The van der Waals surface area contributed by atoms with Crippen LogP contribution in [-0.2, 0) is 13.2 Å². The number of hydrogen-bond acceptors (Lipinski definition) is 1. The van der Waals surface area contributed by atoms with Crippen molar-refractivity contribution in [2.75, 3.05) is 0 Å². The van der Waals surface area contributed by atoms with Crippen molar-refractivity contribution in [2.24, 2.45) is 7.05 Å². The van der Waals surface area contributed by atoms with Gasteiger partial charge in [0.15, 0.2) is 5.43 Å². The van der Waals surface area contributed by atoms with Gasteiger partial charge in [-0.2, -0.15) is 13.2 Å². The number of rotatable bonds is 2. The van der Waals surface area contributed by atoms with Crippen molar-refractivity contribution in [3.8, 4) is 22.3 Å². The first-order chi connectivity index (χ1) is 11.8. The minimum absolute atomic E-state index is 0.243. The molecular formula is C20H16F3NO. The fraction of sp³-hybridized carbons (Fsp3) is 0.150. The molecule has 1 aromatic heterocycles. The number of benzene rings is 2. The van der Waals surface area contributed by atoms with Gasteiger partial charge in [0.1, 0.15) is 0 Å². The van der Waals surface area contributed by atoms with Crippen molar-refractivity contribution in [1.82, 2.24) is 4.57 Å². The number of nitrogens with zero attached hydrogens (tertiary/aromatic N) is 1. The molecule has 0 unspecified atom stereocenters. The highest BCUT2D eigenvalue weighted by Crippen LogP contribution is 2.32. The van der Waals surface area contributed by atoms with Crippen LogP contribution in [0.5, 0.6) is 0 Å². The van der Waals surface area contributed by atoms with Gasteiger partial charge in [0.05, 0.1) is 5.56 Å². The van der Waals surface area contributed by atoms with Gasteiger partial charge in [0.25, 0.3) is 0 Å². The molecule has 0 saturated carbocycles. The van der Waals surface area contributed by atoms with Crippen LogP contribution in [0.3, 0.4) is 0 Å². The van der Waals surface area contributed by atoms with Crippen LogP contribution in [0, 0.1) is 6.92 Å². The lowest BCUT2D eigenvalue weighted by Crippen LogP contribution is -2.12. The maximum atomic E-state index is 13.0. The molecule has 0 bridgehead atoms. The van der Waals surface area contributed by atoms with Gasteiger partial charge in [-0.25, -0.2) is 0 Å². The highest BCUT2D eigenvalue weighted by atomic mass is 19.4. The van der Waals surface area contributed by atoms with Crippen LogP contribution in [-0.4, -0.2) is 4.57 Å². The Morgan fingerprint density at radius 3 is 2.00 bits per heavy atom. The highest BCUT2D eigenvalue weighted by Gasteiger charge is 2.30. The van der Waals surface area contributed by atoms with Gasteiger partial charge in [-0.1, -0.05) is 42.0 Å².